The quantitative estimate of drug-likeness (QED) is 0.318. The molecule has 31 heavy (non-hydrogen) atoms. The van der Waals surface area contributed by atoms with Crippen LogP contribution in [0.4, 0.5) is 26.3 Å². The van der Waals surface area contributed by atoms with Crippen molar-refractivity contribution in [1.82, 2.24) is 5.32 Å². The molecule has 0 aromatic heterocycles. The van der Waals surface area contributed by atoms with Gasteiger partial charge in [0, 0.05) is 6.54 Å². The maximum atomic E-state index is 12.8. The van der Waals surface area contributed by atoms with Crippen LogP contribution in [0.5, 0.6) is 0 Å². The molecule has 1 amide bonds. The Morgan fingerprint density at radius 2 is 1.42 bits per heavy atom. The lowest BCUT2D eigenvalue weighted by atomic mass is 9.96. The lowest BCUT2D eigenvalue weighted by molar-refractivity contribution is -0.153. The summed E-state index contributed by atoms with van der Waals surface area (Å²) in [6.45, 7) is -0.171. The van der Waals surface area contributed by atoms with Crippen LogP contribution in [0.2, 0.25) is 15.1 Å². The molecule has 0 aliphatic carbocycles. The number of nitrogens with one attached hydrogen (secondary N) is 1. The summed E-state index contributed by atoms with van der Waals surface area (Å²) in [4.78, 5) is 11.3. The van der Waals surface area contributed by atoms with Gasteiger partial charge >= 0.3 is 12.4 Å². The molecule has 0 saturated carbocycles. The van der Waals surface area contributed by atoms with E-state index in [0.717, 1.165) is 6.08 Å². The van der Waals surface area contributed by atoms with Crippen molar-refractivity contribution in [3.63, 3.8) is 0 Å². The number of hydrogen-bond acceptors (Lipinski definition) is 1. The van der Waals surface area contributed by atoms with Crippen LogP contribution in [0, 0.1) is 0 Å². The standard InChI is InChI=1S/C20H14Cl3F6NO/c21-15-7-13(8-16(22)18(15)23)14(5-6-19(24,25)26)12-3-1-11(2-4-12)10-30-17(31)9-20(27,28)29/h1-5,7-8H,6,9-10H2,(H,30,31)/b14-5-. The summed E-state index contributed by atoms with van der Waals surface area (Å²) < 4.78 is 75.0. The SMILES string of the molecule is O=C(CC(F)(F)F)NCc1ccc(/C(=C/CC(F)(F)F)c2cc(Cl)c(Cl)c(Cl)c2)cc1. The molecule has 0 fully saturated rings. The van der Waals surface area contributed by atoms with Gasteiger partial charge in [-0.05, 0) is 34.4 Å². The zero-order valence-corrected chi connectivity index (χ0v) is 17.7. The van der Waals surface area contributed by atoms with E-state index in [2.05, 4.69) is 5.32 Å². The maximum absolute atomic E-state index is 12.8. The predicted molar refractivity (Wildman–Crippen MR) is 108 cm³/mol. The first kappa shape index (κ1) is 25.4. The topological polar surface area (TPSA) is 29.1 Å². The van der Waals surface area contributed by atoms with Crippen molar-refractivity contribution in [3.8, 4) is 0 Å². The largest absolute Gasteiger partial charge is 0.397 e. The third-order valence-corrected chi connectivity index (χ3v) is 5.14. The Morgan fingerprint density at radius 1 is 0.871 bits per heavy atom. The second-order valence-corrected chi connectivity index (χ2v) is 7.65. The number of allylic oxidation sites excluding steroid dienone is 1. The monoisotopic (exact) mass is 503 g/mol. The van der Waals surface area contributed by atoms with Gasteiger partial charge in [-0.25, -0.2) is 0 Å². The smallest absolute Gasteiger partial charge is 0.352 e. The fourth-order valence-corrected chi connectivity index (χ4v) is 3.17. The normalized spacial score (nSPS) is 12.7. The van der Waals surface area contributed by atoms with E-state index in [0.29, 0.717) is 16.7 Å². The number of hydrogen-bond donors (Lipinski definition) is 1. The Morgan fingerprint density at radius 3 is 1.90 bits per heavy atom. The van der Waals surface area contributed by atoms with Crippen LogP contribution in [-0.2, 0) is 11.3 Å². The molecule has 1 N–H and O–H groups in total. The highest BCUT2D eigenvalue weighted by Crippen LogP contribution is 2.36. The lowest BCUT2D eigenvalue weighted by Gasteiger charge is -2.13. The van der Waals surface area contributed by atoms with Crippen LogP contribution in [0.3, 0.4) is 0 Å². The van der Waals surface area contributed by atoms with Crippen molar-refractivity contribution >= 4 is 46.3 Å². The Balaban J connectivity index is 2.28. The average molecular weight is 505 g/mol. The van der Waals surface area contributed by atoms with Crippen molar-refractivity contribution in [2.75, 3.05) is 0 Å². The number of carbonyl (C=O) groups excluding carboxylic acids is 1. The van der Waals surface area contributed by atoms with Crippen LogP contribution in [0.25, 0.3) is 5.57 Å². The zero-order valence-electron chi connectivity index (χ0n) is 15.5. The highest BCUT2D eigenvalue weighted by Gasteiger charge is 2.31. The van der Waals surface area contributed by atoms with E-state index in [-0.39, 0.29) is 27.2 Å². The van der Waals surface area contributed by atoms with Gasteiger partial charge in [0.25, 0.3) is 0 Å². The van der Waals surface area contributed by atoms with Crippen LogP contribution in [-0.4, -0.2) is 18.3 Å². The van der Waals surface area contributed by atoms with Gasteiger partial charge in [-0.1, -0.05) is 65.1 Å². The number of alkyl halides is 6. The van der Waals surface area contributed by atoms with E-state index in [4.69, 9.17) is 34.8 Å². The molecule has 2 aromatic rings. The van der Waals surface area contributed by atoms with Crippen molar-refractivity contribution < 1.29 is 31.1 Å². The molecule has 2 aromatic carbocycles. The Bertz CT molecular complexity index is 945. The van der Waals surface area contributed by atoms with Crippen LogP contribution in [0.15, 0.2) is 42.5 Å². The number of halogens is 9. The number of carbonyl (C=O) groups is 1. The highest BCUT2D eigenvalue weighted by molar-refractivity contribution is 6.48. The van der Waals surface area contributed by atoms with Crippen LogP contribution in [0.1, 0.15) is 29.5 Å². The zero-order chi connectivity index (χ0) is 23.4. The minimum Gasteiger partial charge on any atom is -0.352 e. The molecule has 0 saturated heterocycles. The minimum atomic E-state index is -4.62. The van der Waals surface area contributed by atoms with Gasteiger partial charge in [-0.15, -0.1) is 0 Å². The summed E-state index contributed by atoms with van der Waals surface area (Å²) in [6.07, 6.45) is -10.9. The molecule has 11 heteroatoms. The summed E-state index contributed by atoms with van der Waals surface area (Å²) in [5.41, 5.74) is 1.33. The first-order chi connectivity index (χ1) is 14.2. The fourth-order valence-electron chi connectivity index (χ4n) is 2.58. The average Bonchev–Trinajstić information content (AvgIpc) is 2.63. The second kappa shape index (κ2) is 10.1. The molecule has 2 rings (SSSR count). The van der Waals surface area contributed by atoms with Crippen LogP contribution >= 0.6 is 34.8 Å². The Hall–Kier alpha value is -1.90. The summed E-state index contributed by atoms with van der Waals surface area (Å²) in [6, 6.07) is 8.66. The number of benzene rings is 2. The number of amides is 1. The van der Waals surface area contributed by atoms with E-state index in [9.17, 15) is 31.1 Å². The molecule has 0 heterocycles. The molecule has 0 unspecified atom stereocenters. The number of rotatable bonds is 6. The van der Waals surface area contributed by atoms with E-state index in [1.54, 1.807) is 0 Å². The van der Waals surface area contributed by atoms with Crippen molar-refractivity contribution in [2.45, 2.75) is 31.7 Å². The first-order valence-electron chi connectivity index (χ1n) is 8.60. The maximum Gasteiger partial charge on any atom is 0.397 e. The molecule has 2 nitrogen and oxygen atoms in total. The van der Waals surface area contributed by atoms with Gasteiger partial charge in [0.15, 0.2) is 0 Å². The summed E-state index contributed by atoms with van der Waals surface area (Å²) in [7, 11) is 0. The Labute approximate surface area is 188 Å². The van der Waals surface area contributed by atoms with Gasteiger partial charge < -0.3 is 5.32 Å². The van der Waals surface area contributed by atoms with E-state index >= 15 is 0 Å². The Kier molecular flexibility index (Phi) is 8.30. The molecule has 0 aliphatic rings. The van der Waals surface area contributed by atoms with E-state index in [1.807, 2.05) is 0 Å². The molecule has 0 atom stereocenters. The molecular weight excluding hydrogens is 491 g/mol. The van der Waals surface area contributed by atoms with Gasteiger partial charge in [0.05, 0.1) is 21.5 Å². The van der Waals surface area contributed by atoms with E-state index < -0.39 is 31.1 Å². The molecule has 0 aliphatic heterocycles. The lowest BCUT2D eigenvalue weighted by Crippen LogP contribution is -2.28. The fraction of sp³-hybridized carbons (Fsp3) is 0.250. The van der Waals surface area contributed by atoms with Crippen molar-refractivity contribution in [1.29, 1.82) is 0 Å². The highest BCUT2D eigenvalue weighted by atomic mass is 35.5. The predicted octanol–water partition coefficient (Wildman–Crippen LogP) is 7.60. The molecule has 0 bridgehead atoms. The van der Waals surface area contributed by atoms with Gasteiger partial charge in [-0.2, -0.15) is 26.3 Å². The molecule has 0 spiro atoms. The second-order valence-electron chi connectivity index (χ2n) is 6.46. The van der Waals surface area contributed by atoms with E-state index in [1.165, 1.54) is 36.4 Å². The third kappa shape index (κ3) is 8.27. The summed E-state index contributed by atoms with van der Waals surface area (Å²) >= 11 is 17.9. The van der Waals surface area contributed by atoms with Crippen molar-refractivity contribution in [3.05, 3.63) is 74.2 Å². The van der Waals surface area contributed by atoms with Crippen molar-refractivity contribution in [2.24, 2.45) is 0 Å². The molecule has 168 valence electrons. The summed E-state index contributed by atoms with van der Waals surface area (Å²) in [5.74, 6) is -1.19. The third-order valence-electron chi connectivity index (χ3n) is 3.95. The molecule has 0 radical (unpaired) electrons. The first-order valence-corrected chi connectivity index (χ1v) is 9.73. The van der Waals surface area contributed by atoms with Gasteiger partial charge in [0.1, 0.15) is 6.42 Å². The van der Waals surface area contributed by atoms with Crippen LogP contribution < -0.4 is 5.32 Å². The minimum absolute atomic E-state index is 0.0612. The molecular formula is C20H14Cl3F6NO. The van der Waals surface area contributed by atoms with Gasteiger partial charge in [-0.3, -0.25) is 4.79 Å². The summed E-state index contributed by atoms with van der Waals surface area (Å²) in [5, 5.41) is 2.31. The van der Waals surface area contributed by atoms with Gasteiger partial charge in [0.2, 0.25) is 5.91 Å².